The smallest absolute Gasteiger partial charge is 0.185 e. The molecule has 0 amide bonds. The van der Waals surface area contributed by atoms with Crippen molar-refractivity contribution < 1.29 is 0 Å². The maximum atomic E-state index is 4.58. The lowest BCUT2D eigenvalue weighted by Gasteiger charge is -2.14. The Morgan fingerprint density at radius 2 is 2.04 bits per heavy atom. The van der Waals surface area contributed by atoms with Gasteiger partial charge in [-0.05, 0) is 35.0 Å². The average Bonchev–Trinajstić information content (AvgIpc) is 3.24. The third kappa shape index (κ3) is 3.72. The summed E-state index contributed by atoms with van der Waals surface area (Å²) in [4.78, 5) is 6.60. The lowest BCUT2D eigenvalue weighted by molar-refractivity contribution is 0.569. The molecule has 0 saturated heterocycles. The van der Waals surface area contributed by atoms with Crippen molar-refractivity contribution in [2.75, 3.05) is 19.0 Å². The predicted octanol–water partition coefficient (Wildman–Crippen LogP) is 2.04. The average molecular weight is 329 g/mol. The van der Waals surface area contributed by atoms with Gasteiger partial charge in [0.25, 0.3) is 0 Å². The molecule has 120 valence electrons. The minimum atomic E-state index is 0.238. The van der Waals surface area contributed by atoms with Crippen molar-refractivity contribution in [2.24, 2.45) is 0 Å². The fourth-order valence-electron chi connectivity index (χ4n) is 2.15. The number of tetrazole rings is 1. The van der Waals surface area contributed by atoms with Crippen molar-refractivity contribution in [1.82, 2.24) is 30.5 Å². The molecule has 1 atom stereocenters. The highest BCUT2D eigenvalue weighted by Crippen LogP contribution is 2.19. The number of rotatable bonds is 6. The van der Waals surface area contributed by atoms with Crippen molar-refractivity contribution in [1.29, 1.82) is 0 Å². The predicted molar refractivity (Wildman–Crippen MR) is 90.8 cm³/mol. The first-order valence-electron chi connectivity index (χ1n) is 7.32. The van der Waals surface area contributed by atoms with Crippen LogP contribution in [0.25, 0.3) is 5.69 Å². The highest BCUT2D eigenvalue weighted by atomic mass is 32.1. The van der Waals surface area contributed by atoms with Crippen LogP contribution in [0.4, 0.5) is 5.13 Å². The summed E-state index contributed by atoms with van der Waals surface area (Å²) in [5, 5.41) is 17.8. The highest BCUT2D eigenvalue weighted by Gasteiger charge is 2.08. The Balaban J connectivity index is 1.60. The molecule has 0 spiro atoms. The molecule has 3 aromatic rings. The van der Waals surface area contributed by atoms with Crippen LogP contribution in [-0.4, -0.2) is 39.3 Å². The van der Waals surface area contributed by atoms with Crippen LogP contribution in [0, 0.1) is 0 Å². The number of anilines is 1. The minimum Gasteiger partial charge on any atom is -0.354 e. The summed E-state index contributed by atoms with van der Waals surface area (Å²) >= 11 is 1.66. The maximum Gasteiger partial charge on any atom is 0.185 e. The first kappa shape index (κ1) is 15.6. The van der Waals surface area contributed by atoms with Gasteiger partial charge in [0.15, 0.2) is 5.13 Å². The van der Waals surface area contributed by atoms with Crippen molar-refractivity contribution in [2.45, 2.75) is 19.5 Å². The summed E-state index contributed by atoms with van der Waals surface area (Å²) in [6, 6.07) is 8.43. The van der Waals surface area contributed by atoms with E-state index in [2.05, 4.69) is 50.3 Å². The molecule has 0 radical (unpaired) electrons. The molecule has 2 aromatic heterocycles. The quantitative estimate of drug-likeness (QED) is 0.746. The van der Waals surface area contributed by atoms with Crippen LogP contribution in [0.1, 0.15) is 24.2 Å². The molecule has 0 aliphatic heterocycles. The van der Waals surface area contributed by atoms with Gasteiger partial charge in [-0.25, -0.2) is 9.67 Å². The standard InChI is InChI=1S/C15H19N7S/c1-11(16-8-13-9-23-15(18-13)21(2)3)12-4-6-14(7-5-12)22-10-17-19-20-22/h4-7,9-11,16H,8H2,1-3H3/t11-/m0/s1. The summed E-state index contributed by atoms with van der Waals surface area (Å²) in [5.41, 5.74) is 3.22. The number of hydrogen-bond acceptors (Lipinski definition) is 7. The molecule has 3 rings (SSSR count). The van der Waals surface area contributed by atoms with Crippen LogP contribution in [-0.2, 0) is 6.54 Å². The van der Waals surface area contributed by atoms with Gasteiger partial charge in [-0.1, -0.05) is 12.1 Å². The van der Waals surface area contributed by atoms with E-state index in [1.807, 2.05) is 31.1 Å². The molecule has 1 N–H and O–H groups in total. The molecular formula is C15H19N7S. The van der Waals surface area contributed by atoms with Gasteiger partial charge in [-0.3, -0.25) is 0 Å². The van der Waals surface area contributed by atoms with Gasteiger partial charge >= 0.3 is 0 Å². The summed E-state index contributed by atoms with van der Waals surface area (Å²) in [7, 11) is 4.01. The van der Waals surface area contributed by atoms with Crippen LogP contribution in [0.2, 0.25) is 0 Å². The molecule has 8 heteroatoms. The van der Waals surface area contributed by atoms with Gasteiger partial charge < -0.3 is 10.2 Å². The third-order valence-electron chi connectivity index (χ3n) is 3.52. The zero-order valence-corrected chi connectivity index (χ0v) is 14.2. The van der Waals surface area contributed by atoms with Crippen molar-refractivity contribution in [3.05, 3.63) is 47.2 Å². The molecule has 7 nitrogen and oxygen atoms in total. The summed E-state index contributed by atoms with van der Waals surface area (Å²) in [6.07, 6.45) is 1.58. The van der Waals surface area contributed by atoms with Gasteiger partial charge in [-0.2, -0.15) is 0 Å². The van der Waals surface area contributed by atoms with Crippen LogP contribution in [0.3, 0.4) is 0 Å². The third-order valence-corrected chi connectivity index (χ3v) is 4.58. The van der Waals surface area contributed by atoms with Crippen LogP contribution in [0.15, 0.2) is 36.0 Å². The molecular weight excluding hydrogens is 310 g/mol. The van der Waals surface area contributed by atoms with E-state index in [0.29, 0.717) is 0 Å². The summed E-state index contributed by atoms with van der Waals surface area (Å²) in [6.45, 7) is 2.89. The van der Waals surface area contributed by atoms with Gasteiger partial charge in [0.2, 0.25) is 0 Å². The van der Waals surface area contributed by atoms with E-state index < -0.39 is 0 Å². The van der Waals surface area contributed by atoms with Crippen LogP contribution >= 0.6 is 11.3 Å². The lowest BCUT2D eigenvalue weighted by Crippen LogP contribution is -2.18. The summed E-state index contributed by atoms with van der Waals surface area (Å²) in [5.74, 6) is 0. The number of aromatic nitrogens is 5. The molecule has 0 bridgehead atoms. The zero-order valence-electron chi connectivity index (χ0n) is 13.3. The molecule has 1 aromatic carbocycles. The number of nitrogens with zero attached hydrogens (tertiary/aromatic N) is 6. The van der Waals surface area contributed by atoms with Crippen molar-refractivity contribution in [3.63, 3.8) is 0 Å². The Morgan fingerprint density at radius 1 is 1.26 bits per heavy atom. The van der Waals surface area contributed by atoms with Gasteiger partial charge in [0.05, 0.1) is 11.4 Å². The van der Waals surface area contributed by atoms with Gasteiger partial charge in [0, 0.05) is 32.1 Å². The molecule has 0 aliphatic rings. The Kier molecular flexibility index (Phi) is 4.63. The molecule has 23 heavy (non-hydrogen) atoms. The second kappa shape index (κ2) is 6.84. The lowest BCUT2D eigenvalue weighted by atomic mass is 10.1. The normalized spacial score (nSPS) is 12.3. The Labute approximate surface area is 139 Å². The van der Waals surface area contributed by atoms with Crippen LogP contribution < -0.4 is 10.2 Å². The van der Waals surface area contributed by atoms with Crippen molar-refractivity contribution >= 4 is 16.5 Å². The number of thiazole rings is 1. The van der Waals surface area contributed by atoms with E-state index in [-0.39, 0.29) is 6.04 Å². The molecule has 0 unspecified atom stereocenters. The van der Waals surface area contributed by atoms with E-state index in [9.17, 15) is 0 Å². The maximum absolute atomic E-state index is 4.58. The van der Waals surface area contributed by atoms with E-state index >= 15 is 0 Å². The van der Waals surface area contributed by atoms with E-state index in [4.69, 9.17) is 0 Å². The Morgan fingerprint density at radius 3 is 2.65 bits per heavy atom. The van der Waals surface area contributed by atoms with Gasteiger partial charge in [-0.15, -0.1) is 16.4 Å². The first-order chi connectivity index (χ1) is 11.1. The van der Waals surface area contributed by atoms with E-state index in [1.165, 1.54) is 5.56 Å². The second-order valence-electron chi connectivity index (χ2n) is 5.46. The Bertz CT molecular complexity index is 734. The van der Waals surface area contributed by atoms with Gasteiger partial charge in [0.1, 0.15) is 6.33 Å². The fraction of sp³-hybridized carbons (Fsp3) is 0.333. The van der Waals surface area contributed by atoms with E-state index in [1.54, 1.807) is 22.3 Å². The topological polar surface area (TPSA) is 71.8 Å². The van der Waals surface area contributed by atoms with E-state index in [0.717, 1.165) is 23.1 Å². The molecule has 0 aliphatic carbocycles. The largest absolute Gasteiger partial charge is 0.354 e. The Hall–Kier alpha value is -2.32. The minimum absolute atomic E-state index is 0.238. The highest BCUT2D eigenvalue weighted by molar-refractivity contribution is 7.13. The first-order valence-corrected chi connectivity index (χ1v) is 8.20. The van der Waals surface area contributed by atoms with Crippen molar-refractivity contribution in [3.8, 4) is 5.69 Å². The zero-order chi connectivity index (χ0) is 16.2. The SMILES string of the molecule is C[C@H](NCc1csc(N(C)C)n1)c1ccc(-n2cnnn2)cc1. The molecule has 0 saturated carbocycles. The molecule has 2 heterocycles. The fourth-order valence-corrected chi connectivity index (χ4v) is 2.91. The summed E-state index contributed by atoms with van der Waals surface area (Å²) < 4.78 is 1.64. The number of nitrogens with one attached hydrogen (secondary N) is 1. The second-order valence-corrected chi connectivity index (χ2v) is 6.30. The monoisotopic (exact) mass is 329 g/mol. The molecule has 0 fully saturated rings. The number of benzene rings is 1. The van der Waals surface area contributed by atoms with Crippen LogP contribution in [0.5, 0.6) is 0 Å². The number of hydrogen-bond donors (Lipinski definition) is 1.